The molecule has 0 spiro atoms. The molecule has 0 aliphatic heterocycles. The number of rotatable bonds is 11. The van der Waals surface area contributed by atoms with Crippen LogP contribution in [-0.4, -0.2) is 29.4 Å². The standard InChI is InChI=1S/3C4H9.C3H3BrF3.Sn/c3*1-3-4-2;1-2(4)3(5,6)7;/h3*1,3-4H2,2H3;2H,1H2;. The van der Waals surface area contributed by atoms with Crippen LogP contribution >= 0.6 is 15.9 Å². The molecule has 0 nitrogen and oxygen atoms in total. The molecule has 0 saturated heterocycles. The van der Waals surface area contributed by atoms with Gasteiger partial charge in [-0.3, -0.25) is 0 Å². The van der Waals surface area contributed by atoms with Crippen LogP contribution in [0.15, 0.2) is 0 Å². The van der Waals surface area contributed by atoms with Gasteiger partial charge in [-0.2, -0.15) is 0 Å². The fourth-order valence-corrected chi connectivity index (χ4v) is 23.6. The Hall–Kier alpha value is 1.07. The molecule has 0 aromatic rings. The third-order valence-corrected chi connectivity index (χ3v) is 22.4. The van der Waals surface area contributed by atoms with E-state index in [1.54, 1.807) is 0 Å². The Bertz CT molecular complexity index is 222. The van der Waals surface area contributed by atoms with Gasteiger partial charge in [0.15, 0.2) is 0 Å². The van der Waals surface area contributed by atoms with E-state index in [2.05, 4.69) is 36.7 Å². The van der Waals surface area contributed by atoms with Crippen molar-refractivity contribution in [1.29, 1.82) is 0 Å². The minimum atomic E-state index is -4.08. The normalized spacial score (nSPS) is 14.6. The van der Waals surface area contributed by atoms with Crippen LogP contribution in [0.2, 0.25) is 17.7 Å². The Morgan fingerprint density at radius 1 is 0.850 bits per heavy atom. The molecule has 0 saturated carbocycles. The first-order valence-electron chi connectivity index (χ1n) is 8.02. The summed E-state index contributed by atoms with van der Waals surface area (Å²) < 4.78 is 42.7. The van der Waals surface area contributed by atoms with Gasteiger partial charge in [0.2, 0.25) is 0 Å². The van der Waals surface area contributed by atoms with Gasteiger partial charge in [0.25, 0.3) is 0 Å². The van der Waals surface area contributed by atoms with E-state index in [4.69, 9.17) is 0 Å². The average molecular weight is 466 g/mol. The van der Waals surface area contributed by atoms with E-state index in [0.717, 1.165) is 51.8 Å². The monoisotopic (exact) mass is 466 g/mol. The van der Waals surface area contributed by atoms with Crippen molar-refractivity contribution in [2.45, 2.75) is 88.0 Å². The maximum atomic E-state index is 12.9. The van der Waals surface area contributed by atoms with E-state index in [-0.39, 0.29) is 0 Å². The molecule has 0 aromatic heterocycles. The van der Waals surface area contributed by atoms with Gasteiger partial charge in [-0.15, -0.1) is 0 Å². The Balaban J connectivity index is 4.92. The quantitative estimate of drug-likeness (QED) is 0.224. The predicted octanol–water partition coefficient (Wildman–Crippen LogP) is 7.16. The van der Waals surface area contributed by atoms with Crippen molar-refractivity contribution in [1.82, 2.24) is 0 Å². The van der Waals surface area contributed by atoms with Crippen molar-refractivity contribution in [3.05, 3.63) is 0 Å². The molecule has 5 heteroatoms. The number of hydrogen-bond donors (Lipinski definition) is 0. The average Bonchev–Trinajstić information content (AvgIpc) is 2.39. The van der Waals surface area contributed by atoms with E-state index in [9.17, 15) is 13.2 Å². The van der Waals surface area contributed by atoms with E-state index >= 15 is 0 Å². The molecule has 0 amide bonds. The first-order chi connectivity index (χ1) is 9.31. The van der Waals surface area contributed by atoms with Crippen molar-refractivity contribution in [2.24, 2.45) is 0 Å². The summed E-state index contributed by atoms with van der Waals surface area (Å²) in [7, 11) is 0. The van der Waals surface area contributed by atoms with Crippen LogP contribution in [0.3, 0.4) is 0 Å². The van der Waals surface area contributed by atoms with Crippen molar-refractivity contribution in [2.75, 3.05) is 0 Å². The predicted molar refractivity (Wildman–Crippen MR) is 88.5 cm³/mol. The summed E-state index contributed by atoms with van der Waals surface area (Å²) in [6.07, 6.45) is 2.62. The van der Waals surface area contributed by atoms with E-state index in [0.29, 0.717) is 4.44 Å². The van der Waals surface area contributed by atoms with Crippen LogP contribution in [0.1, 0.15) is 59.3 Å². The van der Waals surface area contributed by atoms with Crippen LogP contribution in [-0.2, 0) is 0 Å². The molecule has 122 valence electrons. The van der Waals surface area contributed by atoms with E-state index in [1.165, 1.54) is 0 Å². The zero-order valence-electron chi connectivity index (χ0n) is 13.2. The molecule has 0 rings (SSSR count). The van der Waals surface area contributed by atoms with Crippen molar-refractivity contribution >= 4 is 34.3 Å². The minimum absolute atomic E-state index is 0.443. The van der Waals surface area contributed by atoms with Crippen molar-refractivity contribution in [3.8, 4) is 0 Å². The first-order valence-corrected chi connectivity index (χ1v) is 17.0. The summed E-state index contributed by atoms with van der Waals surface area (Å²) in [5.74, 6) is 0. The van der Waals surface area contributed by atoms with Crippen molar-refractivity contribution in [3.63, 3.8) is 0 Å². The van der Waals surface area contributed by atoms with Crippen LogP contribution in [0.4, 0.5) is 13.2 Å². The molecule has 0 radical (unpaired) electrons. The van der Waals surface area contributed by atoms with Gasteiger partial charge < -0.3 is 0 Å². The first kappa shape index (κ1) is 21.1. The molecule has 20 heavy (non-hydrogen) atoms. The molecule has 0 aromatic carbocycles. The zero-order chi connectivity index (χ0) is 15.6. The number of hydrogen-bond acceptors (Lipinski definition) is 0. The molecule has 1 atom stereocenters. The van der Waals surface area contributed by atoms with Crippen LogP contribution in [0.25, 0.3) is 0 Å². The Morgan fingerprint density at radius 3 is 1.45 bits per heavy atom. The molecular weight excluding hydrogens is 436 g/mol. The fraction of sp³-hybridized carbons (Fsp3) is 1.00. The number of alkyl halides is 4. The molecule has 0 aliphatic carbocycles. The number of halogens is 4. The Labute approximate surface area is 135 Å². The van der Waals surface area contributed by atoms with E-state index in [1.807, 2.05) is 0 Å². The molecule has 0 fully saturated rings. The van der Waals surface area contributed by atoms with Gasteiger partial charge in [0.1, 0.15) is 0 Å². The van der Waals surface area contributed by atoms with Crippen LogP contribution in [0, 0.1) is 0 Å². The summed E-state index contributed by atoms with van der Waals surface area (Å²) in [5, 5.41) is 0. The summed E-state index contributed by atoms with van der Waals surface area (Å²) >= 11 is 0.287. The van der Waals surface area contributed by atoms with Gasteiger partial charge >= 0.3 is 136 Å². The SMILES string of the molecule is CCC[CH2][Sn]([CH2]CCC)([CH2]CCC)[CH2]C(Br)C(F)(F)F. The summed E-state index contributed by atoms with van der Waals surface area (Å²) in [4.78, 5) is -1.27. The number of unbranched alkanes of at least 4 members (excludes halogenated alkanes) is 3. The van der Waals surface area contributed by atoms with Gasteiger partial charge in [-0.05, 0) is 0 Å². The second-order valence-corrected chi connectivity index (χ2v) is 21.1. The van der Waals surface area contributed by atoms with E-state index < -0.39 is 29.4 Å². The third-order valence-electron chi connectivity index (χ3n) is 4.15. The van der Waals surface area contributed by atoms with Gasteiger partial charge in [-0.25, -0.2) is 0 Å². The molecule has 0 heterocycles. The molecule has 0 N–H and O–H groups in total. The Kier molecular flexibility index (Phi) is 11.3. The van der Waals surface area contributed by atoms with Gasteiger partial charge in [0, 0.05) is 0 Å². The summed E-state index contributed by atoms with van der Waals surface area (Å²) in [6, 6.07) is 0. The maximum absolute atomic E-state index is 12.9. The molecular formula is C15H30BrF3Sn. The second kappa shape index (κ2) is 10.7. The summed E-state index contributed by atoms with van der Waals surface area (Å²) in [6.45, 7) is 6.43. The van der Waals surface area contributed by atoms with Crippen LogP contribution < -0.4 is 0 Å². The van der Waals surface area contributed by atoms with Gasteiger partial charge in [0.05, 0.1) is 0 Å². The molecule has 1 unspecified atom stereocenters. The van der Waals surface area contributed by atoms with Crippen LogP contribution in [0.5, 0.6) is 0 Å². The third kappa shape index (κ3) is 8.50. The molecule has 0 aliphatic rings. The fourth-order valence-electron chi connectivity index (χ4n) is 2.83. The van der Waals surface area contributed by atoms with Gasteiger partial charge in [-0.1, -0.05) is 0 Å². The van der Waals surface area contributed by atoms with Crippen molar-refractivity contribution < 1.29 is 13.2 Å². The summed E-state index contributed by atoms with van der Waals surface area (Å²) in [5.41, 5.74) is 0. The topological polar surface area (TPSA) is 0 Å². The second-order valence-electron chi connectivity index (χ2n) is 6.02. The zero-order valence-corrected chi connectivity index (χ0v) is 17.6. The Morgan fingerprint density at radius 2 is 1.20 bits per heavy atom. The molecule has 0 bridgehead atoms.